The first kappa shape index (κ1) is 37.4. The van der Waals surface area contributed by atoms with E-state index in [9.17, 15) is 19.8 Å². The van der Waals surface area contributed by atoms with Gasteiger partial charge < -0.3 is 29.2 Å². The predicted molar refractivity (Wildman–Crippen MR) is 188 cm³/mol. The van der Waals surface area contributed by atoms with E-state index in [1.54, 1.807) is 42.5 Å². The molecule has 0 radical (unpaired) electrons. The molecule has 2 N–H and O–H groups in total. The minimum Gasteiger partial charge on any atom is -0.490 e. The normalized spacial score (nSPS) is 15.7. The van der Waals surface area contributed by atoms with Crippen LogP contribution in [0.3, 0.4) is 0 Å². The van der Waals surface area contributed by atoms with Crippen LogP contribution in [0.1, 0.15) is 77.2 Å². The van der Waals surface area contributed by atoms with Gasteiger partial charge in [0.15, 0.2) is 23.0 Å². The highest BCUT2D eigenvalue weighted by Crippen LogP contribution is 2.46. The summed E-state index contributed by atoms with van der Waals surface area (Å²) in [6.07, 6.45) is 5.63. The molecule has 0 aliphatic heterocycles. The lowest BCUT2D eigenvalue weighted by atomic mass is 9.79. The molecule has 1 saturated carbocycles. The number of carbonyl (C=O) groups excluding carboxylic acids is 2. The lowest BCUT2D eigenvalue weighted by molar-refractivity contribution is -0.131. The summed E-state index contributed by atoms with van der Waals surface area (Å²) in [5, 5.41) is 18.7. The Hall–Kier alpha value is -4.47. The van der Waals surface area contributed by atoms with Crippen LogP contribution >= 0.6 is 0 Å². The highest BCUT2D eigenvalue weighted by Gasteiger charge is 2.24. The van der Waals surface area contributed by atoms with Gasteiger partial charge in [-0.2, -0.15) is 0 Å². The second-order valence-corrected chi connectivity index (χ2v) is 12.8. The molecular weight excluding hydrogens is 627 g/mol. The number of hydrogen-bond acceptors (Lipinski definition) is 8. The topological polar surface area (TPSA) is 112 Å². The van der Waals surface area contributed by atoms with Gasteiger partial charge in [0.2, 0.25) is 0 Å². The molecule has 3 aromatic carbocycles. The minimum atomic E-state index is -0.680. The van der Waals surface area contributed by atoms with Gasteiger partial charge in [-0.1, -0.05) is 51.1 Å². The van der Waals surface area contributed by atoms with Crippen LogP contribution in [0.2, 0.25) is 0 Å². The average Bonchev–Trinajstić information content (AvgIpc) is 3.08. The second kappa shape index (κ2) is 17.8. The third kappa shape index (κ3) is 10.0. The molecule has 4 rings (SSSR count). The summed E-state index contributed by atoms with van der Waals surface area (Å²) >= 11 is 0. The van der Waals surface area contributed by atoms with E-state index in [0.29, 0.717) is 53.4 Å². The molecule has 9 heteroatoms. The molecule has 0 bridgehead atoms. The van der Waals surface area contributed by atoms with Gasteiger partial charge in [0.1, 0.15) is 5.82 Å². The Labute approximate surface area is 288 Å². The minimum absolute atomic E-state index is 0.0132. The smallest absolute Gasteiger partial charge is 0.338 e. The van der Waals surface area contributed by atoms with Crippen LogP contribution in [0.5, 0.6) is 23.0 Å². The van der Waals surface area contributed by atoms with Gasteiger partial charge in [-0.3, -0.25) is 0 Å². The van der Waals surface area contributed by atoms with Crippen LogP contribution in [0, 0.1) is 11.7 Å². The van der Waals surface area contributed by atoms with Crippen molar-refractivity contribution in [2.24, 2.45) is 5.92 Å². The van der Waals surface area contributed by atoms with Crippen LogP contribution in [0.25, 0.3) is 22.3 Å². The van der Waals surface area contributed by atoms with Crippen molar-refractivity contribution < 1.29 is 43.1 Å². The number of aliphatic hydroxyl groups excluding tert-OH is 2. The Balaban J connectivity index is 1.88. The fraction of sp³-hybridized carbons (Fsp3) is 0.400. The molecular formula is C40H47FO8. The monoisotopic (exact) mass is 674 g/mol. The van der Waals surface area contributed by atoms with Crippen molar-refractivity contribution in [3.05, 3.63) is 84.2 Å². The maximum atomic E-state index is 16.0. The van der Waals surface area contributed by atoms with Gasteiger partial charge in [-0.05, 0) is 98.4 Å². The van der Waals surface area contributed by atoms with E-state index >= 15 is 4.39 Å². The van der Waals surface area contributed by atoms with Gasteiger partial charge in [-0.25, -0.2) is 14.0 Å². The summed E-state index contributed by atoms with van der Waals surface area (Å²) in [5.41, 5.74) is 3.10. The van der Waals surface area contributed by atoms with E-state index in [0.717, 1.165) is 31.2 Å². The van der Waals surface area contributed by atoms with Crippen molar-refractivity contribution >= 4 is 11.9 Å². The van der Waals surface area contributed by atoms with Crippen molar-refractivity contribution in [1.82, 2.24) is 0 Å². The van der Waals surface area contributed by atoms with E-state index in [-0.39, 0.29) is 60.6 Å². The summed E-state index contributed by atoms with van der Waals surface area (Å²) < 4.78 is 39.5. The van der Waals surface area contributed by atoms with Crippen LogP contribution in [0.15, 0.2) is 72.8 Å². The number of unbranched alkanes of at least 4 members (excludes halogenated alkanes) is 1. The van der Waals surface area contributed by atoms with E-state index in [2.05, 4.69) is 20.1 Å². The number of benzene rings is 3. The summed E-state index contributed by atoms with van der Waals surface area (Å²) in [6, 6.07) is 13.6. The van der Waals surface area contributed by atoms with Crippen molar-refractivity contribution in [3.8, 4) is 45.3 Å². The summed E-state index contributed by atoms with van der Waals surface area (Å²) in [7, 11) is 0. The summed E-state index contributed by atoms with van der Waals surface area (Å²) in [5.74, 6) is -0.0847. The fourth-order valence-corrected chi connectivity index (χ4v) is 5.69. The molecule has 1 aliphatic rings. The molecule has 0 heterocycles. The Morgan fingerprint density at radius 3 is 2.00 bits per heavy atom. The zero-order valence-electron chi connectivity index (χ0n) is 28.7. The third-order valence-corrected chi connectivity index (χ3v) is 8.56. The number of aliphatic hydroxyl groups is 2. The first-order valence-corrected chi connectivity index (χ1v) is 16.9. The largest absolute Gasteiger partial charge is 0.490 e. The lowest BCUT2D eigenvalue weighted by Gasteiger charge is -2.26. The lowest BCUT2D eigenvalue weighted by Crippen LogP contribution is -2.11. The molecule has 1 aliphatic carbocycles. The van der Waals surface area contributed by atoms with Crippen LogP contribution < -0.4 is 18.9 Å². The molecule has 1 fully saturated rings. The van der Waals surface area contributed by atoms with Crippen molar-refractivity contribution in [1.29, 1.82) is 0 Å². The van der Waals surface area contributed by atoms with Crippen molar-refractivity contribution in [3.63, 3.8) is 0 Å². The van der Waals surface area contributed by atoms with Gasteiger partial charge >= 0.3 is 11.9 Å². The second-order valence-electron chi connectivity index (χ2n) is 12.8. The van der Waals surface area contributed by atoms with Gasteiger partial charge in [0.05, 0.1) is 13.2 Å². The number of esters is 2. The molecule has 262 valence electrons. The maximum absolute atomic E-state index is 16.0. The number of rotatable bonds is 16. The van der Waals surface area contributed by atoms with E-state index in [4.69, 9.17) is 18.9 Å². The van der Waals surface area contributed by atoms with Gasteiger partial charge in [-0.15, -0.1) is 0 Å². The number of hydrogen-bond donors (Lipinski definition) is 2. The number of halogens is 1. The average molecular weight is 675 g/mol. The van der Waals surface area contributed by atoms with Gasteiger partial charge in [0, 0.05) is 41.9 Å². The van der Waals surface area contributed by atoms with E-state index in [1.807, 2.05) is 6.07 Å². The molecule has 0 atom stereocenters. The van der Waals surface area contributed by atoms with E-state index < -0.39 is 17.8 Å². The number of ether oxygens (including phenoxy) is 4. The Morgan fingerprint density at radius 1 is 0.735 bits per heavy atom. The first-order chi connectivity index (χ1) is 23.5. The predicted octanol–water partition coefficient (Wildman–Crippen LogP) is 8.33. The quantitative estimate of drug-likeness (QED) is 0.0675. The highest BCUT2D eigenvalue weighted by atomic mass is 19.1. The Kier molecular flexibility index (Phi) is 13.6. The molecule has 8 nitrogen and oxygen atoms in total. The molecule has 3 aromatic rings. The van der Waals surface area contributed by atoms with Crippen LogP contribution in [-0.2, 0) is 9.59 Å². The Morgan fingerprint density at radius 2 is 1.37 bits per heavy atom. The summed E-state index contributed by atoms with van der Waals surface area (Å²) in [4.78, 5) is 25.3. The SMILES string of the molecule is C=C(C)C(=O)Oc1ccc(-c2cc(-c3ccc(C4CCC(C)CC4)cc3F)cc(OC(=O)C(=C)C)c2OCCCCO)cc1OCCCO. The number of carbonyl (C=O) groups is 2. The van der Waals surface area contributed by atoms with Crippen molar-refractivity contribution in [2.45, 2.75) is 71.6 Å². The molecule has 0 spiro atoms. The Bertz CT molecular complexity index is 1650. The zero-order chi connectivity index (χ0) is 35.5. The molecule has 0 unspecified atom stereocenters. The summed E-state index contributed by atoms with van der Waals surface area (Å²) in [6.45, 7) is 12.9. The first-order valence-electron chi connectivity index (χ1n) is 16.9. The molecule has 49 heavy (non-hydrogen) atoms. The van der Waals surface area contributed by atoms with Crippen LogP contribution in [-0.4, -0.2) is 48.6 Å². The highest BCUT2D eigenvalue weighted by molar-refractivity contribution is 5.91. The molecule has 0 amide bonds. The maximum Gasteiger partial charge on any atom is 0.338 e. The van der Waals surface area contributed by atoms with E-state index in [1.165, 1.54) is 13.8 Å². The fourth-order valence-electron chi connectivity index (χ4n) is 5.69. The van der Waals surface area contributed by atoms with Gasteiger partial charge in [0.25, 0.3) is 0 Å². The zero-order valence-corrected chi connectivity index (χ0v) is 28.7. The van der Waals surface area contributed by atoms with Crippen LogP contribution in [0.4, 0.5) is 4.39 Å². The molecule has 0 aromatic heterocycles. The molecule has 0 saturated heterocycles. The third-order valence-electron chi connectivity index (χ3n) is 8.56. The standard InChI is InChI=1S/C40H47FO8/c1-25(2)39(44)48-35-16-14-30(23-36(35)46-20-8-18-43)33-21-31(24-37(49-40(45)26(3)4)38(33)47-19-7-6-17-42)32-15-13-29(22-34(32)41)28-11-9-27(5)10-12-28/h13-16,21-24,27-28,42-43H,1,3,6-12,17-20H2,2,4-5H3. The van der Waals surface area contributed by atoms with Crippen molar-refractivity contribution in [2.75, 3.05) is 26.4 Å².